The van der Waals surface area contributed by atoms with E-state index in [4.69, 9.17) is 11.6 Å². The van der Waals surface area contributed by atoms with Crippen molar-refractivity contribution in [1.29, 1.82) is 0 Å². The van der Waals surface area contributed by atoms with Crippen molar-refractivity contribution in [2.24, 2.45) is 0 Å². The van der Waals surface area contributed by atoms with Gasteiger partial charge in [0.25, 0.3) is 0 Å². The van der Waals surface area contributed by atoms with E-state index in [-0.39, 0.29) is 5.41 Å². The van der Waals surface area contributed by atoms with Gasteiger partial charge in [0.1, 0.15) is 5.54 Å². The number of fused-ring (bicyclic) bond motifs is 2. The Kier molecular flexibility index (Phi) is 5.25. The third-order valence-electron chi connectivity index (χ3n) is 7.70. The maximum atomic E-state index is 12.5. The summed E-state index contributed by atoms with van der Waals surface area (Å²) in [5.41, 5.74) is 5.21. The van der Waals surface area contributed by atoms with Crippen molar-refractivity contribution in [3.63, 3.8) is 0 Å². The van der Waals surface area contributed by atoms with E-state index in [1.165, 1.54) is 22.3 Å². The predicted molar refractivity (Wildman–Crippen MR) is 130 cm³/mol. The maximum Gasteiger partial charge on any atom is 0.329 e. The molecule has 1 atom stereocenters. The van der Waals surface area contributed by atoms with Crippen LogP contribution in [0.5, 0.6) is 0 Å². The molecule has 0 aliphatic heterocycles. The number of carboxylic acids is 1. The molecule has 3 nitrogen and oxygen atoms in total. The Labute approximate surface area is 194 Å². The molecule has 1 saturated carbocycles. The van der Waals surface area contributed by atoms with Crippen LogP contribution in [0.2, 0.25) is 5.02 Å². The number of anilines is 1. The lowest BCUT2D eigenvalue weighted by Gasteiger charge is -2.47. The standard InChI is InChI=1S/C28H28ClNO2/c1-19-6-4-8-20(16-19)25-17-21-7-2-3-11-24(21)27(25)12-14-28(15-13-27,26(31)32)30-23-10-5-9-22(29)18-23/h2-11,16,18,25,30H,12-15,17H2,1H3,(H,31,32). The molecule has 2 aliphatic carbocycles. The average molecular weight is 446 g/mol. The Morgan fingerprint density at radius 3 is 2.44 bits per heavy atom. The van der Waals surface area contributed by atoms with Crippen LogP contribution >= 0.6 is 11.6 Å². The van der Waals surface area contributed by atoms with Crippen LogP contribution in [0.3, 0.4) is 0 Å². The summed E-state index contributed by atoms with van der Waals surface area (Å²) >= 11 is 6.15. The molecule has 1 fully saturated rings. The molecule has 0 bridgehead atoms. The van der Waals surface area contributed by atoms with Gasteiger partial charge >= 0.3 is 5.97 Å². The first-order chi connectivity index (χ1) is 15.4. The van der Waals surface area contributed by atoms with Gasteiger partial charge in [0.2, 0.25) is 0 Å². The highest BCUT2D eigenvalue weighted by Gasteiger charge is 2.54. The molecule has 2 N–H and O–H groups in total. The van der Waals surface area contributed by atoms with E-state index in [1.807, 2.05) is 12.1 Å². The fraction of sp³-hybridized carbons (Fsp3) is 0.321. The molecule has 2 aliphatic rings. The van der Waals surface area contributed by atoms with Crippen LogP contribution in [0.25, 0.3) is 0 Å². The third kappa shape index (κ3) is 3.49. The van der Waals surface area contributed by atoms with Crippen LogP contribution in [-0.2, 0) is 16.6 Å². The minimum atomic E-state index is -0.982. The van der Waals surface area contributed by atoms with E-state index in [0.717, 1.165) is 24.9 Å². The lowest BCUT2D eigenvalue weighted by molar-refractivity contribution is -0.144. The van der Waals surface area contributed by atoms with Crippen molar-refractivity contribution in [2.45, 2.75) is 55.9 Å². The first-order valence-corrected chi connectivity index (χ1v) is 11.7. The van der Waals surface area contributed by atoms with Crippen molar-refractivity contribution in [3.8, 4) is 0 Å². The van der Waals surface area contributed by atoms with Crippen molar-refractivity contribution in [3.05, 3.63) is 100 Å². The molecule has 32 heavy (non-hydrogen) atoms. The molecule has 1 unspecified atom stereocenters. The molecule has 0 heterocycles. The smallest absolute Gasteiger partial charge is 0.329 e. The summed E-state index contributed by atoms with van der Waals surface area (Å²) in [7, 11) is 0. The second kappa shape index (κ2) is 7.97. The summed E-state index contributed by atoms with van der Waals surface area (Å²) in [6.07, 6.45) is 3.84. The van der Waals surface area contributed by atoms with Gasteiger partial charge < -0.3 is 10.4 Å². The van der Waals surface area contributed by atoms with Crippen LogP contribution in [0.1, 0.15) is 53.9 Å². The molecule has 3 aromatic rings. The van der Waals surface area contributed by atoms with Gasteiger partial charge in [0, 0.05) is 16.1 Å². The van der Waals surface area contributed by atoms with Crippen LogP contribution < -0.4 is 5.32 Å². The second-order valence-electron chi connectivity index (χ2n) is 9.51. The summed E-state index contributed by atoms with van der Waals surface area (Å²) in [4.78, 5) is 12.5. The largest absolute Gasteiger partial charge is 0.480 e. The minimum Gasteiger partial charge on any atom is -0.480 e. The Bertz CT molecular complexity index is 1160. The highest BCUT2D eigenvalue weighted by molar-refractivity contribution is 6.30. The number of rotatable bonds is 4. The summed E-state index contributed by atoms with van der Waals surface area (Å²) in [5.74, 6) is -0.413. The molecule has 0 radical (unpaired) electrons. The van der Waals surface area contributed by atoms with Crippen molar-refractivity contribution in [2.75, 3.05) is 5.32 Å². The Morgan fingerprint density at radius 1 is 0.969 bits per heavy atom. The van der Waals surface area contributed by atoms with Crippen molar-refractivity contribution >= 4 is 23.3 Å². The summed E-state index contributed by atoms with van der Waals surface area (Å²) in [6.45, 7) is 2.14. The van der Waals surface area contributed by atoms with Gasteiger partial charge in [0.15, 0.2) is 0 Å². The first-order valence-electron chi connectivity index (χ1n) is 11.3. The maximum absolute atomic E-state index is 12.5. The first kappa shape index (κ1) is 21.1. The average Bonchev–Trinajstić information content (AvgIpc) is 3.10. The molecule has 4 heteroatoms. The number of nitrogens with one attached hydrogen (secondary N) is 1. The molecule has 1 spiro atoms. The number of aryl methyl sites for hydroxylation is 1. The van der Waals surface area contributed by atoms with E-state index in [0.29, 0.717) is 23.8 Å². The summed E-state index contributed by atoms with van der Waals surface area (Å²) in [6, 6.07) is 25.0. The number of hydrogen-bond acceptors (Lipinski definition) is 2. The van der Waals surface area contributed by atoms with Gasteiger partial charge in [-0.2, -0.15) is 0 Å². The molecule has 0 saturated heterocycles. The number of halogens is 1. The monoisotopic (exact) mass is 445 g/mol. The Morgan fingerprint density at radius 2 is 1.72 bits per heavy atom. The van der Waals surface area contributed by atoms with Gasteiger partial charge in [-0.25, -0.2) is 4.79 Å². The quantitative estimate of drug-likeness (QED) is 0.467. The van der Waals surface area contributed by atoms with Crippen LogP contribution in [0, 0.1) is 6.92 Å². The fourth-order valence-electron chi connectivity index (χ4n) is 6.09. The summed E-state index contributed by atoms with van der Waals surface area (Å²) in [5, 5.41) is 14.2. The van der Waals surface area contributed by atoms with Gasteiger partial charge in [-0.3, -0.25) is 0 Å². The number of aliphatic carboxylic acids is 1. The van der Waals surface area contributed by atoms with Crippen molar-refractivity contribution in [1.82, 2.24) is 0 Å². The third-order valence-corrected chi connectivity index (χ3v) is 7.94. The molecular formula is C28H28ClNO2. The number of carboxylic acid groups (broad SMARTS) is 1. The molecule has 164 valence electrons. The van der Waals surface area contributed by atoms with Gasteiger partial charge in [0.05, 0.1) is 0 Å². The van der Waals surface area contributed by atoms with Gasteiger partial charge in [-0.1, -0.05) is 71.8 Å². The van der Waals surface area contributed by atoms with E-state index in [1.54, 1.807) is 12.1 Å². The number of carbonyl (C=O) groups is 1. The number of benzene rings is 3. The van der Waals surface area contributed by atoms with Crippen LogP contribution in [0.4, 0.5) is 5.69 Å². The molecule has 0 aromatic heterocycles. The highest BCUT2D eigenvalue weighted by Crippen LogP contribution is 2.58. The van der Waals surface area contributed by atoms with Gasteiger partial charge in [-0.15, -0.1) is 0 Å². The Balaban J connectivity index is 1.51. The lowest BCUT2D eigenvalue weighted by atomic mass is 9.59. The molecular weight excluding hydrogens is 418 g/mol. The molecule has 3 aromatic carbocycles. The molecule has 5 rings (SSSR count). The summed E-state index contributed by atoms with van der Waals surface area (Å²) < 4.78 is 0. The lowest BCUT2D eigenvalue weighted by Crippen LogP contribution is -2.52. The second-order valence-corrected chi connectivity index (χ2v) is 9.94. The normalized spacial score (nSPS) is 26.6. The predicted octanol–water partition coefficient (Wildman–Crippen LogP) is 6.74. The number of hydrogen-bond donors (Lipinski definition) is 2. The Hall–Kier alpha value is -2.78. The fourth-order valence-corrected chi connectivity index (χ4v) is 6.28. The zero-order chi connectivity index (χ0) is 22.3. The topological polar surface area (TPSA) is 49.3 Å². The molecule has 0 amide bonds. The van der Waals surface area contributed by atoms with Crippen molar-refractivity contribution < 1.29 is 9.90 Å². The minimum absolute atomic E-state index is 0.0284. The van der Waals surface area contributed by atoms with Gasteiger partial charge in [-0.05, 0) is 79.8 Å². The SMILES string of the molecule is Cc1cccc(C2Cc3ccccc3C23CCC(Nc2cccc(Cl)c2)(C(=O)O)CC3)c1. The highest BCUT2D eigenvalue weighted by atomic mass is 35.5. The van der Waals surface area contributed by atoms with Crippen LogP contribution in [0.15, 0.2) is 72.8 Å². The van der Waals surface area contributed by atoms with Crippen LogP contribution in [-0.4, -0.2) is 16.6 Å². The zero-order valence-corrected chi connectivity index (χ0v) is 19.0. The van der Waals surface area contributed by atoms with E-state index < -0.39 is 11.5 Å². The van der Waals surface area contributed by atoms with E-state index in [2.05, 4.69) is 60.8 Å². The zero-order valence-electron chi connectivity index (χ0n) is 18.3. The van der Waals surface area contributed by atoms with E-state index in [9.17, 15) is 9.90 Å². The van der Waals surface area contributed by atoms with E-state index >= 15 is 0 Å².